The maximum absolute atomic E-state index is 13.1. The summed E-state index contributed by atoms with van der Waals surface area (Å²) in [6, 6.07) is 5.48. The molecule has 3 nitrogen and oxygen atoms in total. The van der Waals surface area contributed by atoms with E-state index < -0.39 is 6.16 Å². The molecule has 4 aliphatic rings. The van der Waals surface area contributed by atoms with Gasteiger partial charge in [0.05, 0.1) is 0 Å². The third kappa shape index (κ3) is 5.30. The van der Waals surface area contributed by atoms with Crippen LogP contribution in [0.5, 0.6) is 5.75 Å². The van der Waals surface area contributed by atoms with Gasteiger partial charge in [0.2, 0.25) is 0 Å². The lowest BCUT2D eigenvalue weighted by molar-refractivity contribution is -0.0597. The lowest BCUT2D eigenvalue weighted by Crippen LogP contribution is -2.51. The number of allylic oxidation sites excluding steroid dienone is 1. The quantitative estimate of drug-likeness (QED) is 0.202. The highest BCUT2D eigenvalue weighted by atomic mass is 19.1. The smallest absolute Gasteiger partial charge is 0.430 e. The lowest BCUT2D eigenvalue weighted by Gasteiger charge is -2.58. The highest BCUT2D eigenvalue weighted by Gasteiger charge is 2.59. The Balaban J connectivity index is 1.21. The van der Waals surface area contributed by atoms with Crippen LogP contribution in [0.1, 0.15) is 105 Å². The minimum Gasteiger partial charge on any atom is -0.430 e. The van der Waals surface area contributed by atoms with Crippen molar-refractivity contribution in [3.05, 3.63) is 41.7 Å². The first-order valence-electron chi connectivity index (χ1n) is 15.4. The predicted molar refractivity (Wildman–Crippen MR) is 150 cm³/mol. The molecule has 1 aromatic carbocycles. The maximum Gasteiger partial charge on any atom is 0.514 e. The van der Waals surface area contributed by atoms with Crippen molar-refractivity contribution in [3.63, 3.8) is 0 Å². The van der Waals surface area contributed by atoms with Crippen molar-refractivity contribution in [1.29, 1.82) is 0 Å². The second-order valence-corrected chi connectivity index (χ2v) is 14.1. The Bertz CT molecular complexity index is 1020. The Morgan fingerprint density at radius 1 is 1.00 bits per heavy atom. The minimum atomic E-state index is -0.688. The normalized spacial score (nSPS) is 37.0. The largest absolute Gasteiger partial charge is 0.514 e. The number of carbonyl (C=O) groups is 1. The number of halogens is 1. The van der Waals surface area contributed by atoms with Gasteiger partial charge in [-0.15, -0.1) is 0 Å². The molecule has 0 bridgehead atoms. The third-order valence-electron chi connectivity index (χ3n) is 11.5. The summed E-state index contributed by atoms with van der Waals surface area (Å²) >= 11 is 0. The van der Waals surface area contributed by atoms with Crippen molar-refractivity contribution >= 4 is 6.16 Å². The van der Waals surface area contributed by atoms with Crippen LogP contribution in [0, 0.1) is 52.2 Å². The van der Waals surface area contributed by atoms with Crippen LogP contribution in [-0.4, -0.2) is 12.3 Å². The van der Waals surface area contributed by atoms with E-state index in [1.807, 2.05) is 0 Å². The molecule has 0 saturated heterocycles. The molecular weight excluding hydrogens is 475 g/mol. The zero-order valence-electron chi connectivity index (χ0n) is 24.3. The average molecular weight is 525 g/mol. The van der Waals surface area contributed by atoms with E-state index in [2.05, 4.69) is 40.7 Å². The molecule has 0 aliphatic heterocycles. The number of rotatable bonds is 7. The molecule has 1 aromatic rings. The molecular formula is C34H49FO3. The van der Waals surface area contributed by atoms with Gasteiger partial charge < -0.3 is 9.47 Å². The van der Waals surface area contributed by atoms with Gasteiger partial charge in [0.1, 0.15) is 17.7 Å². The molecule has 0 spiro atoms. The van der Waals surface area contributed by atoms with Crippen LogP contribution < -0.4 is 4.74 Å². The Kier molecular flexibility index (Phi) is 8.00. The molecule has 0 N–H and O–H groups in total. The fourth-order valence-electron chi connectivity index (χ4n) is 9.51. The van der Waals surface area contributed by atoms with E-state index in [0.717, 1.165) is 54.8 Å². The van der Waals surface area contributed by atoms with Crippen molar-refractivity contribution in [1.82, 2.24) is 0 Å². The fourth-order valence-corrected chi connectivity index (χ4v) is 9.51. The molecule has 0 aromatic heterocycles. The zero-order valence-corrected chi connectivity index (χ0v) is 24.3. The first kappa shape index (κ1) is 27.7. The first-order chi connectivity index (χ1) is 18.1. The molecule has 4 heteroatoms. The molecule has 4 aliphatic carbocycles. The molecule has 8 unspecified atom stereocenters. The van der Waals surface area contributed by atoms with Crippen molar-refractivity contribution in [2.75, 3.05) is 0 Å². The highest BCUT2D eigenvalue weighted by Crippen LogP contribution is 2.67. The molecule has 38 heavy (non-hydrogen) atoms. The van der Waals surface area contributed by atoms with E-state index >= 15 is 0 Å². The Morgan fingerprint density at radius 3 is 2.50 bits per heavy atom. The number of ether oxygens (including phenoxy) is 2. The minimum absolute atomic E-state index is 0.143. The van der Waals surface area contributed by atoms with E-state index in [1.54, 1.807) is 0 Å². The molecule has 0 radical (unpaired) electrons. The van der Waals surface area contributed by atoms with Crippen molar-refractivity contribution in [2.45, 2.75) is 111 Å². The lowest BCUT2D eigenvalue weighted by atomic mass is 9.47. The van der Waals surface area contributed by atoms with E-state index in [9.17, 15) is 9.18 Å². The van der Waals surface area contributed by atoms with Crippen molar-refractivity contribution < 1.29 is 18.7 Å². The van der Waals surface area contributed by atoms with Gasteiger partial charge in [-0.3, -0.25) is 0 Å². The van der Waals surface area contributed by atoms with Crippen LogP contribution in [0.4, 0.5) is 9.18 Å². The second-order valence-electron chi connectivity index (χ2n) is 14.1. The summed E-state index contributed by atoms with van der Waals surface area (Å²) in [4.78, 5) is 12.4. The van der Waals surface area contributed by atoms with Gasteiger partial charge in [-0.05, 0) is 116 Å². The number of fused-ring (bicyclic) bond motifs is 5. The molecule has 3 saturated carbocycles. The van der Waals surface area contributed by atoms with E-state index in [4.69, 9.17) is 9.47 Å². The summed E-state index contributed by atoms with van der Waals surface area (Å²) < 4.78 is 24.2. The van der Waals surface area contributed by atoms with Gasteiger partial charge in [-0.1, -0.05) is 65.5 Å². The maximum atomic E-state index is 13.1. The topological polar surface area (TPSA) is 35.5 Å². The summed E-state index contributed by atoms with van der Waals surface area (Å²) in [6.45, 7) is 12.4. The number of hydrogen-bond donors (Lipinski definition) is 0. The summed E-state index contributed by atoms with van der Waals surface area (Å²) in [6.07, 6.45) is 15.4. The van der Waals surface area contributed by atoms with Crippen LogP contribution >= 0.6 is 0 Å². The van der Waals surface area contributed by atoms with Crippen LogP contribution in [0.3, 0.4) is 0 Å². The SMILES string of the molecule is CC(C)CCCC(C)C1CCC2C3CC=C4CC(OC(=O)Oc5ccc(F)cc5)CCC4(C)C3CCC12C. The standard InChI is InChI=1S/C34H49FO3/c1-22(2)7-6-8-23(3)29-15-16-30-28-14-9-24-21-27(38-32(36)37-26-12-10-25(35)11-13-26)17-19-33(24,4)31(28)18-20-34(29,30)5/h9-13,22-23,27-31H,6-8,14-21H2,1-5H3. The number of hydrogen-bond acceptors (Lipinski definition) is 3. The number of carbonyl (C=O) groups excluding carboxylic acids is 1. The summed E-state index contributed by atoms with van der Waals surface area (Å²) in [5.74, 6) is 4.91. The predicted octanol–water partition coefficient (Wildman–Crippen LogP) is 9.75. The van der Waals surface area contributed by atoms with Gasteiger partial charge in [0, 0.05) is 6.42 Å². The Morgan fingerprint density at radius 2 is 1.76 bits per heavy atom. The van der Waals surface area contributed by atoms with Crippen LogP contribution in [0.2, 0.25) is 0 Å². The molecule has 5 rings (SSSR count). The highest BCUT2D eigenvalue weighted by molar-refractivity contribution is 5.64. The van der Waals surface area contributed by atoms with E-state index in [-0.39, 0.29) is 17.3 Å². The molecule has 0 heterocycles. The summed E-state index contributed by atoms with van der Waals surface area (Å²) in [5.41, 5.74) is 2.24. The van der Waals surface area contributed by atoms with Crippen LogP contribution in [0.25, 0.3) is 0 Å². The van der Waals surface area contributed by atoms with E-state index in [0.29, 0.717) is 11.2 Å². The Labute approximate surface area is 229 Å². The van der Waals surface area contributed by atoms with Crippen LogP contribution in [0.15, 0.2) is 35.9 Å². The molecule has 210 valence electrons. The average Bonchev–Trinajstić information content (AvgIpc) is 3.23. The van der Waals surface area contributed by atoms with Gasteiger partial charge in [0.15, 0.2) is 0 Å². The van der Waals surface area contributed by atoms with Gasteiger partial charge >= 0.3 is 6.16 Å². The van der Waals surface area contributed by atoms with E-state index in [1.165, 1.54) is 81.2 Å². The number of benzene rings is 1. The van der Waals surface area contributed by atoms with Gasteiger partial charge in [-0.2, -0.15) is 0 Å². The second kappa shape index (κ2) is 11.0. The summed E-state index contributed by atoms with van der Waals surface area (Å²) in [7, 11) is 0. The van der Waals surface area contributed by atoms with Gasteiger partial charge in [0.25, 0.3) is 0 Å². The molecule has 8 atom stereocenters. The monoisotopic (exact) mass is 524 g/mol. The first-order valence-corrected chi connectivity index (χ1v) is 15.4. The van der Waals surface area contributed by atoms with Crippen LogP contribution in [-0.2, 0) is 4.74 Å². The Hall–Kier alpha value is -1.84. The third-order valence-corrected chi connectivity index (χ3v) is 11.5. The molecule has 0 amide bonds. The summed E-state index contributed by atoms with van der Waals surface area (Å²) in [5, 5.41) is 0. The zero-order chi connectivity index (χ0) is 27.1. The fraction of sp³-hybridized carbons (Fsp3) is 0.735. The van der Waals surface area contributed by atoms with Crippen molar-refractivity contribution in [3.8, 4) is 5.75 Å². The van der Waals surface area contributed by atoms with Crippen molar-refractivity contribution in [2.24, 2.45) is 46.3 Å². The van der Waals surface area contributed by atoms with Gasteiger partial charge in [-0.25, -0.2) is 9.18 Å². The molecule has 3 fully saturated rings.